The molecule has 0 spiro atoms. The maximum Gasteiger partial charge on any atom is 0.190 e. The van der Waals surface area contributed by atoms with Gasteiger partial charge in [0.1, 0.15) is 0 Å². The van der Waals surface area contributed by atoms with Crippen LogP contribution in [-0.4, -0.2) is 26.1 Å². The van der Waals surface area contributed by atoms with Crippen LogP contribution in [0.15, 0.2) is 22.5 Å². The molecule has 20 heavy (non-hydrogen) atoms. The zero-order chi connectivity index (χ0) is 14.2. The molecule has 1 aromatic rings. The predicted octanol–water partition coefficient (Wildman–Crippen LogP) is 3.28. The van der Waals surface area contributed by atoms with Gasteiger partial charge in [0.05, 0.1) is 0 Å². The Morgan fingerprint density at radius 1 is 1.45 bits per heavy atom. The van der Waals surface area contributed by atoms with Crippen LogP contribution in [-0.2, 0) is 6.42 Å². The van der Waals surface area contributed by atoms with Crippen LogP contribution < -0.4 is 10.6 Å². The summed E-state index contributed by atoms with van der Waals surface area (Å²) in [4.78, 5) is 5.75. The van der Waals surface area contributed by atoms with Crippen LogP contribution in [0.4, 0.5) is 0 Å². The number of nitrogens with zero attached hydrogens (tertiary/aromatic N) is 1. The lowest BCUT2D eigenvalue weighted by molar-refractivity contribution is 0.559. The fourth-order valence-electron chi connectivity index (χ4n) is 2.34. The van der Waals surface area contributed by atoms with Crippen LogP contribution in [0.5, 0.6) is 0 Å². The molecule has 0 aliphatic heterocycles. The SMILES string of the molecule is CN=C(NCCCC1CC1)NCC(C)Cc1cccs1. The van der Waals surface area contributed by atoms with E-state index in [0.717, 1.165) is 31.4 Å². The molecular formula is C16H27N3S. The van der Waals surface area contributed by atoms with Crippen molar-refractivity contribution in [3.63, 3.8) is 0 Å². The maximum atomic E-state index is 4.29. The summed E-state index contributed by atoms with van der Waals surface area (Å²) in [6.07, 6.45) is 6.68. The summed E-state index contributed by atoms with van der Waals surface area (Å²) >= 11 is 1.84. The highest BCUT2D eigenvalue weighted by Crippen LogP contribution is 2.33. The number of thiophene rings is 1. The standard InChI is InChI=1S/C16H27N3S/c1-13(11-15-6-4-10-20-15)12-19-16(17-2)18-9-3-5-14-7-8-14/h4,6,10,13-14H,3,5,7-9,11-12H2,1-2H3,(H2,17,18,19). The average Bonchev–Trinajstić information content (AvgIpc) is 3.14. The second-order valence-corrected chi connectivity index (χ2v) is 6.89. The lowest BCUT2D eigenvalue weighted by atomic mass is 10.1. The number of guanidine groups is 1. The summed E-state index contributed by atoms with van der Waals surface area (Å²) in [6, 6.07) is 4.34. The minimum absolute atomic E-state index is 0.624. The molecule has 1 fully saturated rings. The molecule has 1 aliphatic rings. The molecule has 0 bridgehead atoms. The van der Waals surface area contributed by atoms with Crippen molar-refractivity contribution < 1.29 is 0 Å². The van der Waals surface area contributed by atoms with E-state index < -0.39 is 0 Å². The first-order valence-corrected chi connectivity index (χ1v) is 8.62. The van der Waals surface area contributed by atoms with Gasteiger partial charge in [-0.3, -0.25) is 4.99 Å². The van der Waals surface area contributed by atoms with Gasteiger partial charge in [-0.1, -0.05) is 25.8 Å². The first-order valence-electron chi connectivity index (χ1n) is 7.75. The zero-order valence-corrected chi connectivity index (χ0v) is 13.5. The van der Waals surface area contributed by atoms with E-state index in [4.69, 9.17) is 0 Å². The number of aliphatic imine (C=N–C) groups is 1. The molecule has 3 nitrogen and oxygen atoms in total. The summed E-state index contributed by atoms with van der Waals surface area (Å²) in [5.74, 6) is 2.59. The third-order valence-electron chi connectivity index (χ3n) is 3.75. The smallest absolute Gasteiger partial charge is 0.190 e. The number of hydrogen-bond acceptors (Lipinski definition) is 2. The van der Waals surface area contributed by atoms with E-state index >= 15 is 0 Å². The van der Waals surface area contributed by atoms with Crippen LogP contribution in [0.25, 0.3) is 0 Å². The third kappa shape index (κ3) is 5.95. The quantitative estimate of drug-likeness (QED) is 0.438. The van der Waals surface area contributed by atoms with Gasteiger partial charge in [-0.25, -0.2) is 0 Å². The van der Waals surface area contributed by atoms with Crippen LogP contribution >= 0.6 is 11.3 Å². The van der Waals surface area contributed by atoms with E-state index in [2.05, 4.69) is 40.1 Å². The number of nitrogens with one attached hydrogen (secondary N) is 2. The van der Waals surface area contributed by atoms with E-state index in [1.807, 2.05) is 18.4 Å². The Morgan fingerprint density at radius 2 is 2.30 bits per heavy atom. The minimum atomic E-state index is 0.624. The zero-order valence-electron chi connectivity index (χ0n) is 12.7. The monoisotopic (exact) mass is 293 g/mol. The van der Waals surface area contributed by atoms with Crippen molar-refractivity contribution in [2.24, 2.45) is 16.8 Å². The molecular weight excluding hydrogens is 266 g/mol. The summed E-state index contributed by atoms with van der Waals surface area (Å²) in [7, 11) is 1.85. The van der Waals surface area contributed by atoms with Gasteiger partial charge in [-0.15, -0.1) is 11.3 Å². The highest BCUT2D eigenvalue weighted by atomic mass is 32.1. The van der Waals surface area contributed by atoms with Gasteiger partial charge in [0.25, 0.3) is 0 Å². The normalized spacial score (nSPS) is 17.0. The summed E-state index contributed by atoms with van der Waals surface area (Å²) < 4.78 is 0. The Bertz CT molecular complexity index is 396. The highest BCUT2D eigenvalue weighted by Gasteiger charge is 2.19. The molecule has 2 rings (SSSR count). The fraction of sp³-hybridized carbons (Fsp3) is 0.688. The van der Waals surface area contributed by atoms with Crippen LogP contribution in [0.1, 0.15) is 37.5 Å². The van der Waals surface area contributed by atoms with Gasteiger partial charge in [-0.05, 0) is 42.5 Å². The van der Waals surface area contributed by atoms with Gasteiger partial charge in [0.15, 0.2) is 5.96 Å². The van der Waals surface area contributed by atoms with E-state index in [0.29, 0.717) is 5.92 Å². The van der Waals surface area contributed by atoms with E-state index in [9.17, 15) is 0 Å². The Balaban J connectivity index is 1.57. The van der Waals surface area contributed by atoms with Crippen molar-refractivity contribution >= 4 is 17.3 Å². The molecule has 0 amide bonds. The van der Waals surface area contributed by atoms with Crippen molar-refractivity contribution in [2.75, 3.05) is 20.1 Å². The second-order valence-electron chi connectivity index (χ2n) is 5.85. The molecule has 1 atom stereocenters. The Kier molecular flexibility index (Phi) is 6.37. The van der Waals surface area contributed by atoms with Gasteiger partial charge < -0.3 is 10.6 Å². The topological polar surface area (TPSA) is 36.4 Å². The lowest BCUT2D eigenvalue weighted by Crippen LogP contribution is -2.40. The maximum absolute atomic E-state index is 4.29. The molecule has 1 saturated carbocycles. The summed E-state index contributed by atoms with van der Waals surface area (Å²) in [5.41, 5.74) is 0. The van der Waals surface area contributed by atoms with Crippen LogP contribution in [0.2, 0.25) is 0 Å². The van der Waals surface area contributed by atoms with Crippen molar-refractivity contribution in [1.29, 1.82) is 0 Å². The molecule has 1 aliphatic carbocycles. The van der Waals surface area contributed by atoms with E-state index in [1.54, 1.807) is 0 Å². The van der Waals surface area contributed by atoms with E-state index in [-0.39, 0.29) is 0 Å². The molecule has 0 saturated heterocycles. The fourth-order valence-corrected chi connectivity index (χ4v) is 3.21. The molecule has 4 heteroatoms. The van der Waals surface area contributed by atoms with Crippen LogP contribution in [0.3, 0.4) is 0 Å². The predicted molar refractivity (Wildman–Crippen MR) is 88.5 cm³/mol. The molecule has 0 radical (unpaired) electrons. The summed E-state index contributed by atoms with van der Waals surface area (Å²) in [5, 5.41) is 8.99. The van der Waals surface area contributed by atoms with Gasteiger partial charge in [0.2, 0.25) is 0 Å². The highest BCUT2D eigenvalue weighted by molar-refractivity contribution is 7.09. The molecule has 1 heterocycles. The number of hydrogen-bond donors (Lipinski definition) is 2. The molecule has 1 aromatic heterocycles. The lowest BCUT2D eigenvalue weighted by Gasteiger charge is -2.15. The van der Waals surface area contributed by atoms with Crippen molar-refractivity contribution in [3.8, 4) is 0 Å². The Hall–Kier alpha value is -1.03. The molecule has 2 N–H and O–H groups in total. The van der Waals surface area contributed by atoms with Crippen molar-refractivity contribution in [2.45, 2.75) is 39.0 Å². The van der Waals surface area contributed by atoms with E-state index in [1.165, 1.54) is 30.6 Å². The largest absolute Gasteiger partial charge is 0.356 e. The number of rotatable bonds is 8. The molecule has 112 valence electrons. The van der Waals surface area contributed by atoms with Gasteiger partial charge in [-0.2, -0.15) is 0 Å². The van der Waals surface area contributed by atoms with Crippen LogP contribution in [0, 0.1) is 11.8 Å². The third-order valence-corrected chi connectivity index (χ3v) is 4.65. The van der Waals surface area contributed by atoms with Crippen molar-refractivity contribution in [1.82, 2.24) is 10.6 Å². The summed E-state index contributed by atoms with van der Waals surface area (Å²) in [6.45, 7) is 4.29. The Labute approximate surface area is 126 Å². The molecule has 0 aromatic carbocycles. The van der Waals surface area contributed by atoms with Gasteiger partial charge >= 0.3 is 0 Å². The van der Waals surface area contributed by atoms with Crippen molar-refractivity contribution in [3.05, 3.63) is 22.4 Å². The van der Waals surface area contributed by atoms with Gasteiger partial charge in [0, 0.05) is 25.0 Å². The Morgan fingerprint density at radius 3 is 2.95 bits per heavy atom. The first-order chi connectivity index (χ1) is 9.78. The second kappa shape index (κ2) is 8.30. The first kappa shape index (κ1) is 15.4. The minimum Gasteiger partial charge on any atom is -0.356 e. The average molecular weight is 293 g/mol. The molecule has 1 unspecified atom stereocenters.